The van der Waals surface area contributed by atoms with Gasteiger partial charge in [-0.1, -0.05) is 17.8 Å². The van der Waals surface area contributed by atoms with Crippen LogP contribution in [0.4, 0.5) is 0 Å². The molecule has 0 bridgehead atoms. The van der Waals surface area contributed by atoms with Crippen molar-refractivity contribution in [2.45, 2.75) is 17.9 Å². The average Bonchev–Trinajstić information content (AvgIpc) is 2.39. The second-order valence-electron chi connectivity index (χ2n) is 4.38. The number of thioether (sulfide) groups is 1. The Morgan fingerprint density at radius 3 is 3.22 bits per heavy atom. The predicted molar refractivity (Wildman–Crippen MR) is 73.5 cm³/mol. The molecule has 0 unspecified atom stereocenters. The van der Waals surface area contributed by atoms with Crippen molar-refractivity contribution in [2.24, 2.45) is 4.99 Å². The summed E-state index contributed by atoms with van der Waals surface area (Å²) in [5.74, 6) is 0.962. The topological polar surface area (TPSA) is 48.7 Å². The highest BCUT2D eigenvalue weighted by Crippen LogP contribution is 2.34. The average molecular weight is 261 g/mol. The smallest absolute Gasteiger partial charge is 0.166 e. The number of aliphatic imine (C=N–C) groups is 1. The lowest BCUT2D eigenvalue weighted by molar-refractivity contribution is 0.184. The molecule has 4 nitrogen and oxygen atoms in total. The van der Waals surface area contributed by atoms with Crippen molar-refractivity contribution < 1.29 is 4.74 Å². The number of benzene rings is 1. The molecule has 18 heavy (non-hydrogen) atoms. The summed E-state index contributed by atoms with van der Waals surface area (Å²) >= 11 is 1.51. The van der Waals surface area contributed by atoms with Gasteiger partial charge in [0.1, 0.15) is 5.84 Å². The van der Waals surface area contributed by atoms with E-state index < -0.39 is 0 Å². The second-order valence-corrected chi connectivity index (χ2v) is 5.41. The van der Waals surface area contributed by atoms with Crippen LogP contribution in [0.15, 0.2) is 28.1 Å². The zero-order chi connectivity index (χ0) is 12.5. The molecular formula is C13H15N3OS. The maximum atomic E-state index is 8.09. The Labute approximate surface area is 111 Å². The lowest BCUT2D eigenvalue weighted by atomic mass is 10.1. The minimum absolute atomic E-state index is 0.579. The number of rotatable bonds is 2. The van der Waals surface area contributed by atoms with Crippen LogP contribution in [0.3, 0.4) is 0 Å². The molecule has 2 heterocycles. The molecule has 5 heteroatoms. The van der Waals surface area contributed by atoms with E-state index in [2.05, 4.69) is 23.2 Å². The van der Waals surface area contributed by atoms with E-state index in [-0.39, 0.29) is 0 Å². The van der Waals surface area contributed by atoms with Crippen LogP contribution in [0, 0.1) is 5.41 Å². The molecule has 1 aromatic carbocycles. The van der Waals surface area contributed by atoms with Crippen molar-refractivity contribution in [3.63, 3.8) is 0 Å². The summed E-state index contributed by atoms with van der Waals surface area (Å²) < 4.78 is 5.15. The van der Waals surface area contributed by atoms with Gasteiger partial charge in [-0.25, -0.2) is 0 Å². The van der Waals surface area contributed by atoms with Gasteiger partial charge in [0.05, 0.1) is 6.61 Å². The van der Waals surface area contributed by atoms with Gasteiger partial charge in [0, 0.05) is 30.7 Å². The van der Waals surface area contributed by atoms with Gasteiger partial charge < -0.3 is 9.64 Å². The number of fused-ring (bicyclic) bond motifs is 3. The highest BCUT2D eigenvalue weighted by molar-refractivity contribution is 8.14. The van der Waals surface area contributed by atoms with Crippen LogP contribution in [0.2, 0.25) is 0 Å². The summed E-state index contributed by atoms with van der Waals surface area (Å²) in [4.78, 5) is 7.70. The van der Waals surface area contributed by atoms with Crippen molar-refractivity contribution in [3.8, 4) is 0 Å². The van der Waals surface area contributed by atoms with Crippen LogP contribution < -0.4 is 0 Å². The van der Waals surface area contributed by atoms with Crippen LogP contribution in [0.1, 0.15) is 17.5 Å². The zero-order valence-corrected chi connectivity index (χ0v) is 11.1. The van der Waals surface area contributed by atoms with Crippen molar-refractivity contribution >= 4 is 22.8 Å². The minimum atomic E-state index is 0.579. The third-order valence-corrected chi connectivity index (χ3v) is 4.08. The first kappa shape index (κ1) is 11.7. The SMILES string of the molecule is COCc1ccc2c(c1)SC(=N)N1CCCN=C21. The lowest BCUT2D eigenvalue weighted by Gasteiger charge is -2.34. The van der Waals surface area contributed by atoms with E-state index in [1.807, 2.05) is 4.90 Å². The molecule has 0 saturated heterocycles. The van der Waals surface area contributed by atoms with Crippen molar-refractivity contribution in [3.05, 3.63) is 29.3 Å². The first-order valence-electron chi connectivity index (χ1n) is 6.00. The normalized spacial score (nSPS) is 18.2. The van der Waals surface area contributed by atoms with Crippen molar-refractivity contribution in [1.82, 2.24) is 4.90 Å². The Kier molecular flexibility index (Phi) is 3.09. The highest BCUT2D eigenvalue weighted by Gasteiger charge is 2.29. The molecule has 1 aromatic rings. The summed E-state index contributed by atoms with van der Waals surface area (Å²) in [5.41, 5.74) is 2.29. The van der Waals surface area contributed by atoms with Gasteiger partial charge in [-0.05, 0) is 24.1 Å². The van der Waals surface area contributed by atoms with Crippen LogP contribution in [-0.2, 0) is 11.3 Å². The Hall–Kier alpha value is -1.33. The number of nitrogens with zero attached hydrogens (tertiary/aromatic N) is 2. The van der Waals surface area contributed by atoms with E-state index in [0.29, 0.717) is 11.8 Å². The highest BCUT2D eigenvalue weighted by atomic mass is 32.2. The van der Waals surface area contributed by atoms with E-state index in [1.54, 1.807) is 7.11 Å². The predicted octanol–water partition coefficient (Wildman–Crippen LogP) is 2.33. The Morgan fingerprint density at radius 2 is 2.39 bits per heavy atom. The minimum Gasteiger partial charge on any atom is -0.380 e. The van der Waals surface area contributed by atoms with E-state index in [9.17, 15) is 0 Å². The zero-order valence-electron chi connectivity index (χ0n) is 10.3. The fraction of sp³-hybridized carbons (Fsp3) is 0.385. The first-order valence-corrected chi connectivity index (χ1v) is 6.82. The fourth-order valence-corrected chi connectivity index (χ4v) is 3.26. The molecule has 0 fully saturated rings. The van der Waals surface area contributed by atoms with Gasteiger partial charge in [0.15, 0.2) is 5.17 Å². The fourth-order valence-electron chi connectivity index (χ4n) is 2.28. The molecule has 3 rings (SSSR count). The Balaban J connectivity index is 2.04. The summed E-state index contributed by atoms with van der Waals surface area (Å²) in [6.45, 7) is 2.38. The molecule has 94 valence electrons. The molecule has 0 saturated carbocycles. The molecule has 0 atom stereocenters. The van der Waals surface area contributed by atoms with Gasteiger partial charge in [-0.2, -0.15) is 0 Å². The maximum absolute atomic E-state index is 8.09. The van der Waals surface area contributed by atoms with Gasteiger partial charge >= 0.3 is 0 Å². The monoisotopic (exact) mass is 261 g/mol. The number of ether oxygens (including phenoxy) is 1. The largest absolute Gasteiger partial charge is 0.380 e. The van der Waals surface area contributed by atoms with E-state index in [0.717, 1.165) is 41.4 Å². The van der Waals surface area contributed by atoms with Crippen molar-refractivity contribution in [1.29, 1.82) is 5.41 Å². The van der Waals surface area contributed by atoms with Gasteiger partial charge in [-0.15, -0.1) is 0 Å². The number of hydrogen-bond donors (Lipinski definition) is 1. The Morgan fingerprint density at radius 1 is 1.50 bits per heavy atom. The Bertz CT molecular complexity index is 527. The summed E-state index contributed by atoms with van der Waals surface area (Å²) in [6.07, 6.45) is 1.03. The molecule has 0 amide bonds. The molecule has 0 aromatic heterocycles. The summed E-state index contributed by atoms with van der Waals surface area (Å²) in [6, 6.07) is 6.28. The van der Waals surface area contributed by atoms with E-state index >= 15 is 0 Å². The van der Waals surface area contributed by atoms with E-state index in [1.165, 1.54) is 11.8 Å². The number of methoxy groups -OCH3 is 1. The lowest BCUT2D eigenvalue weighted by Crippen LogP contribution is -2.42. The molecule has 2 aliphatic rings. The molecule has 0 aliphatic carbocycles. The summed E-state index contributed by atoms with van der Waals surface area (Å²) in [5, 5.41) is 8.67. The van der Waals surface area contributed by atoms with Gasteiger partial charge in [0.2, 0.25) is 0 Å². The van der Waals surface area contributed by atoms with Gasteiger partial charge in [0.25, 0.3) is 0 Å². The van der Waals surface area contributed by atoms with Crippen molar-refractivity contribution in [2.75, 3.05) is 20.2 Å². The third kappa shape index (κ3) is 1.93. The molecular weight excluding hydrogens is 246 g/mol. The van der Waals surface area contributed by atoms with Crippen LogP contribution in [0.5, 0.6) is 0 Å². The molecule has 0 spiro atoms. The van der Waals surface area contributed by atoms with Gasteiger partial charge in [-0.3, -0.25) is 10.4 Å². The summed E-state index contributed by atoms with van der Waals surface area (Å²) in [7, 11) is 1.70. The van der Waals surface area contributed by atoms with Crippen LogP contribution >= 0.6 is 11.8 Å². The third-order valence-electron chi connectivity index (χ3n) is 3.11. The maximum Gasteiger partial charge on any atom is 0.166 e. The number of hydrogen-bond acceptors (Lipinski definition) is 4. The first-order chi connectivity index (χ1) is 8.79. The number of nitrogens with one attached hydrogen (secondary N) is 1. The van der Waals surface area contributed by atoms with Crippen LogP contribution in [0.25, 0.3) is 0 Å². The second kappa shape index (κ2) is 4.74. The quantitative estimate of drug-likeness (QED) is 0.889. The number of amidine groups is 2. The van der Waals surface area contributed by atoms with Crippen LogP contribution in [-0.4, -0.2) is 36.1 Å². The molecule has 1 N–H and O–H groups in total. The standard InChI is InChI=1S/C13H15N3OS/c1-17-8-9-3-4-10-11(7-9)18-13(14)16-6-2-5-15-12(10)16/h3-4,7,14H,2,5-6,8H2,1H3. The van der Waals surface area contributed by atoms with E-state index in [4.69, 9.17) is 10.1 Å². The molecule has 0 radical (unpaired) electrons. The molecule has 2 aliphatic heterocycles.